The minimum absolute atomic E-state index is 0.314. The van der Waals surface area contributed by atoms with Gasteiger partial charge in [-0.1, -0.05) is 32.0 Å². The molecular weight excluding hydrogens is 246 g/mol. The summed E-state index contributed by atoms with van der Waals surface area (Å²) in [5.41, 5.74) is 3.79. The molecule has 0 fully saturated rings. The van der Waals surface area contributed by atoms with Crippen LogP contribution in [0.3, 0.4) is 0 Å². The van der Waals surface area contributed by atoms with Gasteiger partial charge in [0.15, 0.2) is 0 Å². The van der Waals surface area contributed by atoms with Crippen molar-refractivity contribution in [3.8, 4) is 11.3 Å². The van der Waals surface area contributed by atoms with Gasteiger partial charge in [0, 0.05) is 5.56 Å². The Morgan fingerprint density at radius 3 is 2.60 bits per heavy atom. The molecular formula is C18H25NO. The van der Waals surface area contributed by atoms with E-state index < -0.39 is 0 Å². The summed E-state index contributed by atoms with van der Waals surface area (Å²) >= 11 is 0. The third kappa shape index (κ3) is 3.13. The molecule has 0 saturated carbocycles. The maximum Gasteiger partial charge on any atom is 0.134 e. The zero-order valence-electron chi connectivity index (χ0n) is 13.0. The first-order valence-electron chi connectivity index (χ1n) is 7.57. The summed E-state index contributed by atoms with van der Waals surface area (Å²) in [6.45, 7) is 9.69. The molecule has 1 aromatic heterocycles. The Labute approximate surface area is 122 Å². The molecule has 0 radical (unpaired) electrons. The average molecular weight is 271 g/mol. The number of hydrogen-bond donors (Lipinski definition) is 1. The second-order valence-corrected chi connectivity index (χ2v) is 5.36. The molecule has 2 heteroatoms. The smallest absolute Gasteiger partial charge is 0.134 e. The fourth-order valence-electron chi connectivity index (χ4n) is 2.47. The highest BCUT2D eigenvalue weighted by Gasteiger charge is 2.14. The van der Waals surface area contributed by atoms with Crippen molar-refractivity contribution < 1.29 is 4.42 Å². The predicted octanol–water partition coefficient (Wildman–Crippen LogP) is 5.01. The molecule has 0 aliphatic rings. The number of benzene rings is 1. The average Bonchev–Trinajstić information content (AvgIpc) is 2.92. The molecule has 0 bridgehead atoms. The highest BCUT2D eigenvalue weighted by molar-refractivity contribution is 5.63. The van der Waals surface area contributed by atoms with E-state index in [1.54, 1.807) is 0 Å². The van der Waals surface area contributed by atoms with Crippen molar-refractivity contribution in [1.82, 2.24) is 5.32 Å². The lowest BCUT2D eigenvalue weighted by molar-refractivity contribution is 0.411. The van der Waals surface area contributed by atoms with Gasteiger partial charge in [0.05, 0.1) is 6.04 Å². The van der Waals surface area contributed by atoms with Crippen LogP contribution in [0.2, 0.25) is 0 Å². The molecule has 0 spiro atoms. The van der Waals surface area contributed by atoms with Gasteiger partial charge in [0.2, 0.25) is 0 Å². The van der Waals surface area contributed by atoms with Crippen LogP contribution in [0.25, 0.3) is 11.3 Å². The van der Waals surface area contributed by atoms with Crippen molar-refractivity contribution in [2.24, 2.45) is 0 Å². The van der Waals surface area contributed by atoms with Gasteiger partial charge in [-0.3, -0.25) is 0 Å². The van der Waals surface area contributed by atoms with Crippen LogP contribution in [0.15, 0.2) is 34.7 Å². The normalized spacial score (nSPS) is 12.6. The van der Waals surface area contributed by atoms with Crippen molar-refractivity contribution >= 4 is 0 Å². The van der Waals surface area contributed by atoms with Crippen molar-refractivity contribution in [2.45, 2.75) is 46.6 Å². The van der Waals surface area contributed by atoms with Crippen molar-refractivity contribution in [2.75, 3.05) is 6.54 Å². The molecule has 2 aromatic rings. The summed E-state index contributed by atoms with van der Waals surface area (Å²) in [5, 5.41) is 3.53. The van der Waals surface area contributed by atoms with E-state index in [-0.39, 0.29) is 0 Å². The van der Waals surface area contributed by atoms with Crippen molar-refractivity contribution in [1.29, 1.82) is 0 Å². The van der Waals surface area contributed by atoms with E-state index in [1.807, 2.05) is 0 Å². The van der Waals surface area contributed by atoms with E-state index in [2.05, 4.69) is 63.3 Å². The first kappa shape index (κ1) is 14.9. The molecule has 2 rings (SSSR count). The number of hydrogen-bond acceptors (Lipinski definition) is 2. The zero-order valence-corrected chi connectivity index (χ0v) is 13.0. The van der Waals surface area contributed by atoms with Gasteiger partial charge in [-0.2, -0.15) is 0 Å². The van der Waals surface area contributed by atoms with E-state index in [4.69, 9.17) is 4.42 Å². The van der Waals surface area contributed by atoms with Gasteiger partial charge in [0.25, 0.3) is 0 Å². The Kier molecular flexibility index (Phi) is 5.02. The van der Waals surface area contributed by atoms with Crippen LogP contribution < -0.4 is 5.32 Å². The molecule has 2 nitrogen and oxygen atoms in total. The van der Waals surface area contributed by atoms with Gasteiger partial charge in [-0.15, -0.1) is 0 Å². The molecule has 1 N–H and O–H groups in total. The van der Waals surface area contributed by atoms with Crippen LogP contribution in [0.5, 0.6) is 0 Å². The van der Waals surface area contributed by atoms with E-state index in [0.717, 1.165) is 30.9 Å². The quantitative estimate of drug-likeness (QED) is 0.798. The molecule has 0 aliphatic carbocycles. The van der Waals surface area contributed by atoms with Crippen LogP contribution in [0, 0.1) is 13.8 Å². The monoisotopic (exact) mass is 271 g/mol. The standard InChI is InChI=1S/C18H25NO/c1-5-12-19-16(6-2)18-11-10-17(20-18)15-9-7-8-13(3)14(15)4/h7-11,16,19H,5-6,12H2,1-4H3. The summed E-state index contributed by atoms with van der Waals surface area (Å²) in [4.78, 5) is 0. The Morgan fingerprint density at radius 2 is 1.90 bits per heavy atom. The van der Waals surface area contributed by atoms with Crippen LogP contribution in [0.4, 0.5) is 0 Å². The topological polar surface area (TPSA) is 25.2 Å². The summed E-state index contributed by atoms with van der Waals surface area (Å²) in [7, 11) is 0. The van der Waals surface area contributed by atoms with Crippen LogP contribution in [0.1, 0.15) is 49.6 Å². The Balaban J connectivity index is 2.26. The third-order valence-corrected chi connectivity index (χ3v) is 3.89. The third-order valence-electron chi connectivity index (χ3n) is 3.89. The maximum absolute atomic E-state index is 6.09. The van der Waals surface area contributed by atoms with Crippen molar-refractivity contribution in [3.05, 3.63) is 47.2 Å². The fraction of sp³-hybridized carbons (Fsp3) is 0.444. The molecule has 108 valence electrons. The minimum Gasteiger partial charge on any atom is -0.459 e. The summed E-state index contributed by atoms with van der Waals surface area (Å²) in [6.07, 6.45) is 2.18. The van der Waals surface area contributed by atoms with E-state index >= 15 is 0 Å². The zero-order chi connectivity index (χ0) is 14.5. The molecule has 1 heterocycles. The maximum atomic E-state index is 6.09. The second kappa shape index (κ2) is 6.76. The number of rotatable bonds is 6. The summed E-state index contributed by atoms with van der Waals surface area (Å²) in [5.74, 6) is 2.01. The van der Waals surface area contributed by atoms with Gasteiger partial charge < -0.3 is 9.73 Å². The number of aryl methyl sites for hydroxylation is 1. The highest BCUT2D eigenvalue weighted by Crippen LogP contribution is 2.30. The highest BCUT2D eigenvalue weighted by atomic mass is 16.3. The van der Waals surface area contributed by atoms with E-state index in [1.165, 1.54) is 16.7 Å². The largest absolute Gasteiger partial charge is 0.459 e. The Hall–Kier alpha value is -1.54. The molecule has 1 aromatic carbocycles. The van der Waals surface area contributed by atoms with Gasteiger partial charge in [0.1, 0.15) is 11.5 Å². The molecule has 0 aliphatic heterocycles. The van der Waals surface area contributed by atoms with Crippen LogP contribution in [-0.4, -0.2) is 6.54 Å². The van der Waals surface area contributed by atoms with E-state index in [0.29, 0.717) is 6.04 Å². The van der Waals surface area contributed by atoms with Crippen LogP contribution in [-0.2, 0) is 0 Å². The lowest BCUT2D eigenvalue weighted by atomic mass is 10.0. The molecule has 0 amide bonds. The Morgan fingerprint density at radius 1 is 1.10 bits per heavy atom. The summed E-state index contributed by atoms with van der Waals surface area (Å²) in [6, 6.07) is 10.9. The Bertz CT molecular complexity index is 556. The SMILES string of the molecule is CCCNC(CC)c1ccc(-c2cccc(C)c2C)o1. The van der Waals surface area contributed by atoms with Gasteiger partial charge in [-0.05, 0) is 56.5 Å². The molecule has 20 heavy (non-hydrogen) atoms. The minimum atomic E-state index is 0.314. The van der Waals surface area contributed by atoms with Crippen molar-refractivity contribution in [3.63, 3.8) is 0 Å². The molecule has 1 unspecified atom stereocenters. The van der Waals surface area contributed by atoms with Crippen LogP contribution >= 0.6 is 0 Å². The summed E-state index contributed by atoms with van der Waals surface area (Å²) < 4.78 is 6.09. The number of furan rings is 1. The first-order chi connectivity index (χ1) is 9.67. The second-order valence-electron chi connectivity index (χ2n) is 5.36. The number of nitrogens with one attached hydrogen (secondary N) is 1. The lowest BCUT2D eigenvalue weighted by Gasteiger charge is -2.14. The molecule has 0 saturated heterocycles. The fourth-order valence-corrected chi connectivity index (χ4v) is 2.47. The molecule has 1 atom stereocenters. The van der Waals surface area contributed by atoms with E-state index in [9.17, 15) is 0 Å². The first-order valence-corrected chi connectivity index (χ1v) is 7.57. The predicted molar refractivity (Wildman–Crippen MR) is 84.9 cm³/mol. The van der Waals surface area contributed by atoms with Gasteiger partial charge >= 0.3 is 0 Å². The van der Waals surface area contributed by atoms with Gasteiger partial charge in [-0.25, -0.2) is 0 Å². The lowest BCUT2D eigenvalue weighted by Crippen LogP contribution is -2.20.